The summed E-state index contributed by atoms with van der Waals surface area (Å²) >= 11 is 0. The van der Waals surface area contributed by atoms with E-state index in [9.17, 15) is 19.7 Å². The molecule has 2 aromatic carbocycles. The minimum absolute atomic E-state index is 0.0582. The summed E-state index contributed by atoms with van der Waals surface area (Å²) in [6.45, 7) is 0.117. The second-order valence-corrected chi connectivity index (χ2v) is 5.25. The van der Waals surface area contributed by atoms with Gasteiger partial charge < -0.3 is 9.52 Å². The zero-order chi connectivity index (χ0) is 17.3. The molecule has 0 saturated carbocycles. The average molecular weight is 328 g/mol. The van der Waals surface area contributed by atoms with Gasteiger partial charge >= 0.3 is 11.7 Å². The van der Waals surface area contributed by atoms with Crippen LogP contribution >= 0.6 is 0 Å². The summed E-state index contributed by atoms with van der Waals surface area (Å²) in [5, 5.41) is 19.6. The monoisotopic (exact) mass is 328 g/mol. The first-order valence-corrected chi connectivity index (χ1v) is 7.01. The van der Waals surface area contributed by atoms with E-state index in [2.05, 4.69) is 0 Å². The van der Waals surface area contributed by atoms with E-state index in [1.165, 1.54) is 22.8 Å². The molecule has 3 rings (SSSR count). The quantitative estimate of drug-likeness (QED) is 0.567. The van der Waals surface area contributed by atoms with E-state index in [1.807, 2.05) is 0 Å². The molecule has 3 aromatic rings. The molecule has 0 aliphatic carbocycles. The second-order valence-electron chi connectivity index (χ2n) is 5.25. The Morgan fingerprint density at radius 1 is 1.21 bits per heavy atom. The topological polar surface area (TPSA) is 116 Å². The summed E-state index contributed by atoms with van der Waals surface area (Å²) in [6, 6.07) is 10.7. The molecule has 0 bridgehead atoms. The number of carboxylic acids is 1. The molecule has 0 unspecified atom stereocenters. The molecule has 8 heteroatoms. The number of carboxylic acid groups (broad SMARTS) is 1. The molecule has 0 aliphatic rings. The minimum Gasteiger partial charge on any atom is -0.481 e. The summed E-state index contributed by atoms with van der Waals surface area (Å²) in [4.78, 5) is 33.1. The van der Waals surface area contributed by atoms with E-state index in [0.717, 1.165) is 0 Å². The smallest absolute Gasteiger partial charge is 0.420 e. The lowest BCUT2D eigenvalue weighted by molar-refractivity contribution is -0.384. The van der Waals surface area contributed by atoms with E-state index in [4.69, 9.17) is 9.52 Å². The van der Waals surface area contributed by atoms with Gasteiger partial charge in [-0.05, 0) is 23.3 Å². The number of hydrogen-bond acceptors (Lipinski definition) is 5. The highest BCUT2D eigenvalue weighted by atomic mass is 16.6. The summed E-state index contributed by atoms with van der Waals surface area (Å²) in [6.07, 6.45) is -0.171. The molecule has 0 aliphatic heterocycles. The van der Waals surface area contributed by atoms with E-state index < -0.39 is 16.6 Å². The van der Waals surface area contributed by atoms with E-state index in [-0.39, 0.29) is 24.2 Å². The van der Waals surface area contributed by atoms with E-state index in [1.54, 1.807) is 24.3 Å². The Kier molecular flexibility index (Phi) is 3.87. The van der Waals surface area contributed by atoms with Gasteiger partial charge in [-0.1, -0.05) is 18.2 Å². The maximum Gasteiger partial charge on any atom is 0.420 e. The summed E-state index contributed by atoms with van der Waals surface area (Å²) in [5.41, 5.74) is 1.83. The maximum absolute atomic E-state index is 12.0. The first-order valence-electron chi connectivity index (χ1n) is 7.01. The molecule has 1 heterocycles. The molecular weight excluding hydrogens is 316 g/mol. The van der Waals surface area contributed by atoms with E-state index in [0.29, 0.717) is 16.6 Å². The van der Waals surface area contributed by atoms with Crippen molar-refractivity contribution < 1.29 is 19.2 Å². The number of benzene rings is 2. The van der Waals surface area contributed by atoms with E-state index >= 15 is 0 Å². The van der Waals surface area contributed by atoms with Crippen molar-refractivity contribution in [2.45, 2.75) is 13.0 Å². The Hall–Kier alpha value is -3.42. The Morgan fingerprint density at radius 3 is 2.71 bits per heavy atom. The molecule has 24 heavy (non-hydrogen) atoms. The third-order valence-electron chi connectivity index (χ3n) is 3.55. The van der Waals surface area contributed by atoms with Crippen molar-refractivity contribution >= 4 is 22.8 Å². The number of carbonyl (C=O) groups is 1. The Labute approximate surface area is 134 Å². The van der Waals surface area contributed by atoms with Crippen LogP contribution in [-0.4, -0.2) is 20.6 Å². The van der Waals surface area contributed by atoms with Gasteiger partial charge in [-0.15, -0.1) is 0 Å². The first kappa shape index (κ1) is 15.5. The number of fused-ring (bicyclic) bond motifs is 1. The van der Waals surface area contributed by atoms with Crippen molar-refractivity contribution in [3.8, 4) is 0 Å². The van der Waals surface area contributed by atoms with Gasteiger partial charge in [0.1, 0.15) is 0 Å². The highest BCUT2D eigenvalue weighted by molar-refractivity contribution is 5.77. The number of oxazole rings is 1. The van der Waals surface area contributed by atoms with Crippen LogP contribution in [0.1, 0.15) is 11.1 Å². The number of rotatable bonds is 5. The number of nitro benzene ring substituents is 1. The largest absolute Gasteiger partial charge is 0.481 e. The van der Waals surface area contributed by atoms with Crippen LogP contribution in [0, 0.1) is 10.1 Å². The Morgan fingerprint density at radius 2 is 2.00 bits per heavy atom. The van der Waals surface area contributed by atoms with Crippen LogP contribution in [0.3, 0.4) is 0 Å². The highest BCUT2D eigenvalue weighted by Crippen LogP contribution is 2.19. The predicted octanol–water partition coefficient (Wildman–Crippen LogP) is 2.18. The lowest BCUT2D eigenvalue weighted by Gasteiger charge is -2.03. The van der Waals surface area contributed by atoms with Gasteiger partial charge in [-0.2, -0.15) is 0 Å². The predicted molar refractivity (Wildman–Crippen MR) is 84.0 cm³/mol. The summed E-state index contributed by atoms with van der Waals surface area (Å²) in [5.74, 6) is -1.59. The van der Waals surface area contributed by atoms with Gasteiger partial charge in [0.25, 0.3) is 5.69 Å². The van der Waals surface area contributed by atoms with Gasteiger partial charge in [0.15, 0.2) is 5.58 Å². The molecular formula is C16H12N2O6. The van der Waals surface area contributed by atoms with Gasteiger partial charge in [-0.3, -0.25) is 19.5 Å². The van der Waals surface area contributed by atoms with Crippen LogP contribution in [0.25, 0.3) is 11.1 Å². The van der Waals surface area contributed by atoms with Gasteiger partial charge in [0, 0.05) is 12.1 Å². The number of aliphatic carboxylic acids is 1. The van der Waals surface area contributed by atoms with Crippen LogP contribution in [0.4, 0.5) is 5.69 Å². The maximum atomic E-state index is 12.0. The summed E-state index contributed by atoms with van der Waals surface area (Å²) in [7, 11) is 0. The van der Waals surface area contributed by atoms with Crippen molar-refractivity contribution in [3.63, 3.8) is 0 Å². The molecule has 0 saturated heterocycles. The van der Waals surface area contributed by atoms with Crippen molar-refractivity contribution in [2.24, 2.45) is 0 Å². The van der Waals surface area contributed by atoms with Crippen molar-refractivity contribution in [3.05, 3.63) is 74.3 Å². The Bertz CT molecular complexity index is 1000. The van der Waals surface area contributed by atoms with Crippen LogP contribution in [0.15, 0.2) is 51.7 Å². The molecule has 0 amide bonds. The minimum atomic E-state index is -0.979. The van der Waals surface area contributed by atoms with Gasteiger partial charge in [0.05, 0.1) is 23.4 Å². The standard InChI is InChI=1S/C16H12N2O6/c19-15(20)8-10-4-5-13-14(7-10)24-16(21)17(13)9-11-2-1-3-12(6-11)18(22)23/h1-7H,8-9H2,(H,19,20). The van der Waals surface area contributed by atoms with Crippen LogP contribution in [0.5, 0.6) is 0 Å². The number of nitrogens with zero attached hydrogens (tertiary/aromatic N) is 2. The molecule has 0 fully saturated rings. The number of aromatic nitrogens is 1. The zero-order valence-electron chi connectivity index (χ0n) is 12.3. The molecule has 0 spiro atoms. The Balaban J connectivity index is 1.99. The average Bonchev–Trinajstić information content (AvgIpc) is 2.82. The highest BCUT2D eigenvalue weighted by Gasteiger charge is 2.13. The molecule has 0 radical (unpaired) electrons. The van der Waals surface area contributed by atoms with Crippen LogP contribution in [0.2, 0.25) is 0 Å². The van der Waals surface area contributed by atoms with Gasteiger partial charge in [0.2, 0.25) is 0 Å². The fraction of sp³-hybridized carbons (Fsp3) is 0.125. The second kappa shape index (κ2) is 5.99. The SMILES string of the molecule is O=C(O)Cc1ccc2c(c1)oc(=O)n2Cc1cccc([N+](=O)[O-])c1. The molecule has 0 atom stereocenters. The molecule has 1 N–H and O–H groups in total. The molecule has 8 nitrogen and oxygen atoms in total. The number of non-ortho nitro benzene ring substituents is 1. The zero-order valence-corrected chi connectivity index (χ0v) is 12.3. The normalized spacial score (nSPS) is 10.8. The van der Waals surface area contributed by atoms with Crippen molar-refractivity contribution in [1.82, 2.24) is 4.57 Å². The van der Waals surface area contributed by atoms with Crippen molar-refractivity contribution in [1.29, 1.82) is 0 Å². The first-order chi connectivity index (χ1) is 11.4. The third-order valence-corrected chi connectivity index (χ3v) is 3.55. The fourth-order valence-electron chi connectivity index (χ4n) is 2.50. The van der Waals surface area contributed by atoms with Crippen molar-refractivity contribution in [2.75, 3.05) is 0 Å². The lowest BCUT2D eigenvalue weighted by atomic mass is 10.1. The van der Waals surface area contributed by atoms with Gasteiger partial charge in [-0.25, -0.2) is 4.79 Å². The fourth-order valence-corrected chi connectivity index (χ4v) is 2.50. The van der Waals surface area contributed by atoms with Crippen LogP contribution < -0.4 is 5.76 Å². The molecule has 1 aromatic heterocycles. The number of hydrogen-bond donors (Lipinski definition) is 1. The molecule has 122 valence electrons. The lowest BCUT2D eigenvalue weighted by Crippen LogP contribution is -2.14. The summed E-state index contributed by atoms with van der Waals surface area (Å²) < 4.78 is 6.50. The third kappa shape index (κ3) is 3.02. The van der Waals surface area contributed by atoms with Crippen LogP contribution in [-0.2, 0) is 17.8 Å². The number of nitro groups is 1.